The number of carbonyl (C=O) groups excluding carboxylic acids is 1. The minimum Gasteiger partial charge on any atom is -0.353 e. The van der Waals surface area contributed by atoms with Gasteiger partial charge in [-0.25, -0.2) is 0 Å². The molecule has 3 heterocycles. The number of benzene rings is 2. The van der Waals surface area contributed by atoms with Crippen molar-refractivity contribution in [2.45, 2.75) is 19.1 Å². The highest BCUT2D eigenvalue weighted by Gasteiger charge is 2.34. The van der Waals surface area contributed by atoms with E-state index in [-0.39, 0.29) is 12.1 Å². The molecule has 0 fully saturated rings. The Morgan fingerprint density at radius 3 is 2.88 bits per heavy atom. The fraction of sp³-hybridized carbons (Fsp3) is 0.250. The summed E-state index contributed by atoms with van der Waals surface area (Å²) < 4.78 is 0. The fourth-order valence-corrected chi connectivity index (χ4v) is 5.38. The SMILES string of the molecule is C[NH+]1CCc2c(sc3c2C(=O)N[C@H](c2cccc4ccccc24)N3)C1. The van der Waals surface area contributed by atoms with Crippen molar-refractivity contribution in [1.82, 2.24) is 5.32 Å². The Hall–Kier alpha value is -2.37. The van der Waals surface area contributed by atoms with Gasteiger partial charge in [0.15, 0.2) is 0 Å². The van der Waals surface area contributed by atoms with E-state index in [1.54, 1.807) is 11.3 Å². The van der Waals surface area contributed by atoms with Crippen molar-refractivity contribution in [1.29, 1.82) is 0 Å². The molecule has 0 radical (unpaired) electrons. The second-order valence-corrected chi connectivity index (χ2v) is 8.07. The lowest BCUT2D eigenvalue weighted by Crippen LogP contribution is -3.08. The summed E-state index contributed by atoms with van der Waals surface area (Å²) in [6.45, 7) is 2.11. The Morgan fingerprint density at radius 2 is 1.96 bits per heavy atom. The van der Waals surface area contributed by atoms with Crippen molar-refractivity contribution in [3.05, 3.63) is 64.0 Å². The van der Waals surface area contributed by atoms with E-state index >= 15 is 0 Å². The third-order valence-electron chi connectivity index (χ3n) is 5.27. The molecule has 3 N–H and O–H groups in total. The molecule has 0 saturated heterocycles. The van der Waals surface area contributed by atoms with Crippen LogP contribution >= 0.6 is 11.3 Å². The van der Waals surface area contributed by atoms with E-state index in [9.17, 15) is 4.79 Å². The van der Waals surface area contributed by atoms with E-state index in [0.717, 1.165) is 35.6 Å². The predicted octanol–water partition coefficient (Wildman–Crippen LogP) is 2.33. The quantitative estimate of drug-likeness (QED) is 0.631. The smallest absolute Gasteiger partial charge is 0.256 e. The van der Waals surface area contributed by atoms with E-state index in [4.69, 9.17) is 0 Å². The van der Waals surface area contributed by atoms with Crippen LogP contribution in [0.15, 0.2) is 42.5 Å². The van der Waals surface area contributed by atoms with Crippen LogP contribution in [0.3, 0.4) is 0 Å². The number of hydrogen-bond acceptors (Lipinski definition) is 3. The first-order valence-corrected chi connectivity index (χ1v) is 9.53. The molecule has 0 saturated carbocycles. The van der Waals surface area contributed by atoms with Gasteiger partial charge in [-0.05, 0) is 16.3 Å². The third kappa shape index (κ3) is 2.34. The highest BCUT2D eigenvalue weighted by Crippen LogP contribution is 2.39. The van der Waals surface area contributed by atoms with Crippen molar-refractivity contribution in [3.8, 4) is 0 Å². The molecule has 1 amide bonds. The van der Waals surface area contributed by atoms with E-state index < -0.39 is 0 Å². The summed E-state index contributed by atoms with van der Waals surface area (Å²) in [7, 11) is 2.22. The molecule has 25 heavy (non-hydrogen) atoms. The standard InChI is InChI=1S/C20H19N3OS/c1-23-10-9-15-16(11-23)25-20-17(15)19(24)21-18(22-20)14-8-4-6-12-5-2-3-7-13(12)14/h2-8,18,22H,9-11H2,1H3,(H,21,24)/p+1/t18-/m0/s1. The van der Waals surface area contributed by atoms with Crippen molar-refractivity contribution in [3.63, 3.8) is 0 Å². The van der Waals surface area contributed by atoms with Crippen molar-refractivity contribution in [2.75, 3.05) is 18.9 Å². The van der Waals surface area contributed by atoms with Crippen LogP contribution in [0.25, 0.3) is 10.8 Å². The molecule has 2 aromatic carbocycles. The number of anilines is 1. The van der Waals surface area contributed by atoms with Gasteiger partial charge in [0, 0.05) is 12.0 Å². The first-order chi connectivity index (χ1) is 12.2. The minimum atomic E-state index is -0.184. The van der Waals surface area contributed by atoms with Gasteiger partial charge >= 0.3 is 0 Å². The lowest BCUT2D eigenvalue weighted by Gasteiger charge is -2.28. The van der Waals surface area contributed by atoms with Crippen LogP contribution in [-0.4, -0.2) is 19.5 Å². The van der Waals surface area contributed by atoms with Crippen LogP contribution in [0.4, 0.5) is 5.00 Å². The maximum absolute atomic E-state index is 12.9. The number of rotatable bonds is 1. The number of hydrogen-bond donors (Lipinski definition) is 3. The number of nitrogens with one attached hydrogen (secondary N) is 3. The van der Waals surface area contributed by atoms with Crippen LogP contribution in [0.1, 0.15) is 32.5 Å². The second-order valence-electron chi connectivity index (χ2n) is 6.96. The average Bonchev–Trinajstić information content (AvgIpc) is 2.99. The average molecular weight is 350 g/mol. The fourth-order valence-electron chi connectivity index (χ4n) is 3.99. The van der Waals surface area contributed by atoms with E-state index in [1.807, 2.05) is 12.1 Å². The molecule has 1 unspecified atom stereocenters. The summed E-state index contributed by atoms with van der Waals surface area (Å²) in [5.41, 5.74) is 3.25. The first kappa shape index (κ1) is 14.9. The molecular formula is C20H20N3OS+. The van der Waals surface area contributed by atoms with Gasteiger partial charge in [0.05, 0.1) is 24.0 Å². The van der Waals surface area contributed by atoms with E-state index in [2.05, 4.69) is 48.0 Å². The van der Waals surface area contributed by atoms with Crippen molar-refractivity contribution >= 4 is 33.0 Å². The number of thiophene rings is 1. The Balaban J connectivity index is 1.58. The van der Waals surface area contributed by atoms with Gasteiger partial charge in [0.1, 0.15) is 17.7 Å². The number of quaternary nitrogens is 1. The maximum atomic E-state index is 12.9. The summed E-state index contributed by atoms with van der Waals surface area (Å²) in [6, 6.07) is 14.6. The Labute approximate surface area is 150 Å². The summed E-state index contributed by atoms with van der Waals surface area (Å²) in [5, 5.41) is 10.2. The van der Waals surface area contributed by atoms with Gasteiger partial charge in [-0.15, -0.1) is 11.3 Å². The molecule has 0 aliphatic carbocycles. The van der Waals surface area contributed by atoms with Crippen molar-refractivity contribution < 1.29 is 9.69 Å². The molecule has 1 aromatic heterocycles. The molecule has 3 aromatic rings. The highest BCUT2D eigenvalue weighted by atomic mass is 32.1. The van der Waals surface area contributed by atoms with Crippen molar-refractivity contribution in [2.24, 2.45) is 0 Å². The van der Waals surface area contributed by atoms with Crippen LogP contribution in [0.2, 0.25) is 0 Å². The van der Waals surface area contributed by atoms with E-state index in [0.29, 0.717) is 0 Å². The summed E-state index contributed by atoms with van der Waals surface area (Å²) in [4.78, 5) is 15.7. The molecule has 2 aliphatic rings. The molecule has 0 bridgehead atoms. The molecule has 2 aliphatic heterocycles. The van der Waals surface area contributed by atoms with Gasteiger partial charge in [0.2, 0.25) is 0 Å². The normalized spacial score (nSPS) is 22.0. The van der Waals surface area contributed by atoms with Crippen LogP contribution in [0, 0.1) is 0 Å². The summed E-state index contributed by atoms with van der Waals surface area (Å²) in [6.07, 6.45) is 0.803. The maximum Gasteiger partial charge on any atom is 0.256 e. The molecular weight excluding hydrogens is 330 g/mol. The predicted molar refractivity (Wildman–Crippen MR) is 101 cm³/mol. The number of fused-ring (bicyclic) bond motifs is 4. The largest absolute Gasteiger partial charge is 0.353 e. The lowest BCUT2D eigenvalue weighted by atomic mass is 9.98. The van der Waals surface area contributed by atoms with E-state index in [1.165, 1.54) is 26.1 Å². The van der Waals surface area contributed by atoms with Gasteiger partial charge < -0.3 is 15.5 Å². The Morgan fingerprint density at radius 1 is 1.12 bits per heavy atom. The monoisotopic (exact) mass is 350 g/mol. The summed E-state index contributed by atoms with van der Waals surface area (Å²) in [5.74, 6) is 0.0590. The molecule has 5 heteroatoms. The number of carbonyl (C=O) groups is 1. The molecule has 2 atom stereocenters. The molecule has 0 spiro atoms. The first-order valence-electron chi connectivity index (χ1n) is 8.71. The van der Waals surface area contributed by atoms with Crippen LogP contribution in [0.5, 0.6) is 0 Å². The minimum absolute atomic E-state index is 0.0590. The highest BCUT2D eigenvalue weighted by molar-refractivity contribution is 7.16. The van der Waals surface area contributed by atoms with Gasteiger partial charge in [-0.3, -0.25) is 4.79 Å². The number of likely N-dealkylation sites (N-methyl/N-ethyl adjacent to an activating group) is 1. The Bertz CT molecular complexity index is 989. The van der Waals surface area contributed by atoms with Crippen LogP contribution < -0.4 is 15.5 Å². The van der Waals surface area contributed by atoms with Gasteiger partial charge in [-0.1, -0.05) is 42.5 Å². The molecule has 4 nitrogen and oxygen atoms in total. The molecule has 126 valence electrons. The second kappa shape index (κ2) is 5.58. The molecule has 5 rings (SSSR count). The lowest BCUT2D eigenvalue weighted by molar-refractivity contribution is -0.895. The van der Waals surface area contributed by atoms with Gasteiger partial charge in [0.25, 0.3) is 5.91 Å². The topological polar surface area (TPSA) is 45.6 Å². The van der Waals surface area contributed by atoms with Gasteiger partial charge in [-0.2, -0.15) is 0 Å². The zero-order valence-corrected chi connectivity index (χ0v) is 14.9. The van der Waals surface area contributed by atoms with Crippen LogP contribution in [-0.2, 0) is 13.0 Å². The zero-order valence-electron chi connectivity index (χ0n) is 14.1. The third-order valence-corrected chi connectivity index (χ3v) is 6.43. The summed E-state index contributed by atoms with van der Waals surface area (Å²) >= 11 is 1.76. The Kier molecular flexibility index (Phi) is 3.33. The zero-order chi connectivity index (χ0) is 17.0. The number of amides is 1.